The maximum atomic E-state index is 13.0. The lowest BCUT2D eigenvalue weighted by Gasteiger charge is -2.20. The molecule has 3 rings (SSSR count). The van der Waals surface area contributed by atoms with Crippen molar-refractivity contribution in [2.75, 3.05) is 5.75 Å². The van der Waals surface area contributed by atoms with Crippen molar-refractivity contribution >= 4 is 28.6 Å². The Hall–Kier alpha value is -2.60. The third-order valence-electron chi connectivity index (χ3n) is 3.61. The predicted molar refractivity (Wildman–Crippen MR) is 106 cm³/mol. The van der Waals surface area contributed by atoms with Crippen LogP contribution in [0.2, 0.25) is 0 Å². The maximum absolute atomic E-state index is 13.0. The summed E-state index contributed by atoms with van der Waals surface area (Å²) in [4.78, 5) is 29.8. The third-order valence-corrected chi connectivity index (χ3v) is 4.54. The Kier molecular flexibility index (Phi) is 5.13. The van der Waals surface area contributed by atoms with Crippen LogP contribution in [0.1, 0.15) is 20.8 Å². The number of amides is 1. The van der Waals surface area contributed by atoms with Gasteiger partial charge < -0.3 is 5.32 Å². The van der Waals surface area contributed by atoms with Crippen LogP contribution in [0.25, 0.3) is 16.6 Å². The van der Waals surface area contributed by atoms with Gasteiger partial charge in [-0.25, -0.2) is 4.98 Å². The van der Waals surface area contributed by atoms with Crippen molar-refractivity contribution in [2.45, 2.75) is 31.5 Å². The summed E-state index contributed by atoms with van der Waals surface area (Å²) in [5.41, 5.74) is 0.923. The van der Waals surface area contributed by atoms with Crippen molar-refractivity contribution < 1.29 is 4.79 Å². The summed E-state index contributed by atoms with van der Waals surface area (Å²) >= 11 is 1.26. The van der Waals surface area contributed by atoms with Crippen molar-refractivity contribution in [1.29, 1.82) is 0 Å². The molecular formula is C20H21N3O2S. The maximum Gasteiger partial charge on any atom is 0.266 e. The lowest BCUT2D eigenvalue weighted by molar-refractivity contribution is -0.119. The molecule has 0 bridgehead atoms. The molecule has 26 heavy (non-hydrogen) atoms. The van der Waals surface area contributed by atoms with Gasteiger partial charge >= 0.3 is 0 Å². The minimum Gasteiger partial charge on any atom is -0.351 e. The molecule has 0 aliphatic rings. The molecule has 6 heteroatoms. The topological polar surface area (TPSA) is 64.0 Å². The van der Waals surface area contributed by atoms with Crippen LogP contribution in [0.3, 0.4) is 0 Å². The van der Waals surface area contributed by atoms with Crippen molar-refractivity contribution in [2.24, 2.45) is 0 Å². The molecule has 1 amide bonds. The zero-order chi connectivity index (χ0) is 18.7. The molecule has 0 aliphatic carbocycles. The molecule has 3 aromatic rings. The Balaban J connectivity index is 2.03. The van der Waals surface area contributed by atoms with Gasteiger partial charge in [-0.2, -0.15) is 0 Å². The van der Waals surface area contributed by atoms with Crippen LogP contribution >= 0.6 is 11.8 Å². The second-order valence-corrected chi connectivity index (χ2v) is 7.92. The van der Waals surface area contributed by atoms with E-state index >= 15 is 0 Å². The summed E-state index contributed by atoms with van der Waals surface area (Å²) in [5, 5.41) is 3.98. The number of rotatable bonds is 4. The molecule has 1 heterocycles. The minimum atomic E-state index is -0.298. The molecular weight excluding hydrogens is 346 g/mol. The Morgan fingerprint density at radius 2 is 1.73 bits per heavy atom. The summed E-state index contributed by atoms with van der Waals surface area (Å²) in [6.07, 6.45) is 0. The van der Waals surface area contributed by atoms with Crippen LogP contribution in [-0.2, 0) is 4.79 Å². The molecule has 5 nitrogen and oxygen atoms in total. The first-order chi connectivity index (χ1) is 12.3. The van der Waals surface area contributed by atoms with E-state index in [0.717, 1.165) is 5.69 Å². The van der Waals surface area contributed by atoms with Crippen LogP contribution in [0.4, 0.5) is 0 Å². The zero-order valence-corrected chi connectivity index (χ0v) is 15.8. The lowest BCUT2D eigenvalue weighted by Crippen LogP contribution is -2.41. The number of aromatic nitrogens is 2. The van der Waals surface area contributed by atoms with E-state index in [9.17, 15) is 9.59 Å². The second kappa shape index (κ2) is 7.33. The highest BCUT2D eigenvalue weighted by Gasteiger charge is 2.17. The van der Waals surface area contributed by atoms with Gasteiger partial charge in [-0.15, -0.1) is 0 Å². The number of para-hydroxylation sites is 2. The fraction of sp³-hybridized carbons (Fsp3) is 0.250. The first-order valence-corrected chi connectivity index (χ1v) is 9.35. The van der Waals surface area contributed by atoms with Gasteiger partial charge in [0.2, 0.25) is 5.91 Å². The van der Waals surface area contributed by atoms with Crippen LogP contribution < -0.4 is 10.9 Å². The van der Waals surface area contributed by atoms with E-state index in [2.05, 4.69) is 10.3 Å². The van der Waals surface area contributed by atoms with E-state index in [1.807, 2.05) is 69.3 Å². The molecule has 0 unspecified atom stereocenters. The number of nitrogens with zero attached hydrogens (tertiary/aromatic N) is 2. The number of carbonyl (C=O) groups is 1. The van der Waals surface area contributed by atoms with E-state index in [1.165, 1.54) is 11.8 Å². The van der Waals surface area contributed by atoms with E-state index in [0.29, 0.717) is 16.1 Å². The quantitative estimate of drug-likeness (QED) is 0.567. The molecule has 2 aromatic carbocycles. The van der Waals surface area contributed by atoms with E-state index in [4.69, 9.17) is 0 Å². The smallest absolute Gasteiger partial charge is 0.266 e. The fourth-order valence-corrected chi connectivity index (χ4v) is 3.41. The van der Waals surface area contributed by atoms with Crippen molar-refractivity contribution in [3.05, 3.63) is 65.0 Å². The summed E-state index contributed by atoms with van der Waals surface area (Å²) in [5.74, 6) is 0.0963. The molecule has 0 atom stereocenters. The Labute approximate surface area is 156 Å². The highest BCUT2D eigenvalue weighted by Crippen LogP contribution is 2.21. The van der Waals surface area contributed by atoms with Crippen LogP contribution in [-0.4, -0.2) is 26.8 Å². The van der Waals surface area contributed by atoms with Gasteiger partial charge in [0.1, 0.15) is 0 Å². The average molecular weight is 367 g/mol. The molecule has 1 N–H and O–H groups in total. The molecule has 0 aliphatic heterocycles. The molecule has 0 saturated carbocycles. The zero-order valence-electron chi connectivity index (χ0n) is 15.0. The van der Waals surface area contributed by atoms with Gasteiger partial charge in [-0.1, -0.05) is 42.1 Å². The number of fused-ring (bicyclic) bond motifs is 1. The number of thioether (sulfide) groups is 1. The number of nitrogens with one attached hydrogen (secondary N) is 1. The molecule has 0 saturated heterocycles. The molecule has 134 valence electrons. The lowest BCUT2D eigenvalue weighted by atomic mass is 10.1. The Bertz CT molecular complexity index is 991. The number of hydrogen-bond donors (Lipinski definition) is 1. The first-order valence-electron chi connectivity index (χ1n) is 8.36. The minimum absolute atomic E-state index is 0.0930. The Morgan fingerprint density at radius 1 is 1.08 bits per heavy atom. The molecule has 0 radical (unpaired) electrons. The van der Waals surface area contributed by atoms with Crippen LogP contribution in [0.15, 0.2) is 64.5 Å². The average Bonchev–Trinajstić information content (AvgIpc) is 2.59. The van der Waals surface area contributed by atoms with Crippen molar-refractivity contribution in [3.8, 4) is 5.69 Å². The standard InChI is InChI=1S/C20H21N3O2S/c1-20(2,3)22-17(24)13-26-19-21-16-12-8-7-11-15(16)18(25)23(19)14-9-5-4-6-10-14/h4-12H,13H2,1-3H3,(H,22,24). The van der Waals surface area contributed by atoms with Gasteiger partial charge in [0.25, 0.3) is 5.56 Å². The van der Waals surface area contributed by atoms with E-state index < -0.39 is 0 Å². The second-order valence-electron chi connectivity index (χ2n) is 6.97. The first kappa shape index (κ1) is 18.2. The number of benzene rings is 2. The highest BCUT2D eigenvalue weighted by molar-refractivity contribution is 7.99. The molecule has 1 aromatic heterocycles. The van der Waals surface area contributed by atoms with Crippen molar-refractivity contribution in [1.82, 2.24) is 14.9 Å². The van der Waals surface area contributed by atoms with Gasteiger partial charge in [0.15, 0.2) is 5.16 Å². The largest absolute Gasteiger partial charge is 0.351 e. The number of carbonyl (C=O) groups excluding carboxylic acids is 1. The third kappa shape index (κ3) is 4.14. The van der Waals surface area contributed by atoms with Crippen molar-refractivity contribution in [3.63, 3.8) is 0 Å². The highest BCUT2D eigenvalue weighted by atomic mass is 32.2. The van der Waals surface area contributed by atoms with Gasteiger partial charge in [-0.3, -0.25) is 14.2 Å². The SMILES string of the molecule is CC(C)(C)NC(=O)CSc1nc2ccccc2c(=O)n1-c1ccccc1. The van der Waals surface area contributed by atoms with Gasteiger partial charge in [0.05, 0.1) is 22.3 Å². The summed E-state index contributed by atoms with van der Waals surface area (Å²) in [6.45, 7) is 5.80. The number of hydrogen-bond acceptors (Lipinski definition) is 4. The van der Waals surface area contributed by atoms with Crippen LogP contribution in [0.5, 0.6) is 0 Å². The fourth-order valence-electron chi connectivity index (χ4n) is 2.60. The van der Waals surface area contributed by atoms with Gasteiger partial charge in [-0.05, 0) is 45.0 Å². The summed E-state index contributed by atoms with van der Waals surface area (Å²) in [6, 6.07) is 16.6. The molecule has 0 spiro atoms. The summed E-state index contributed by atoms with van der Waals surface area (Å²) < 4.78 is 1.57. The normalized spacial score (nSPS) is 11.5. The monoisotopic (exact) mass is 367 g/mol. The van der Waals surface area contributed by atoms with Crippen LogP contribution in [0, 0.1) is 0 Å². The Morgan fingerprint density at radius 3 is 2.42 bits per heavy atom. The molecule has 0 fully saturated rings. The van der Waals surface area contributed by atoms with Gasteiger partial charge in [0, 0.05) is 5.54 Å². The van der Waals surface area contributed by atoms with E-state index in [-0.39, 0.29) is 22.8 Å². The van der Waals surface area contributed by atoms with E-state index in [1.54, 1.807) is 10.6 Å². The summed E-state index contributed by atoms with van der Waals surface area (Å²) in [7, 11) is 0. The predicted octanol–water partition coefficient (Wildman–Crippen LogP) is 3.39.